The van der Waals surface area contributed by atoms with E-state index in [0.717, 1.165) is 6.42 Å². The van der Waals surface area contributed by atoms with E-state index in [9.17, 15) is 4.79 Å². The molecule has 0 rings (SSSR count). The highest BCUT2D eigenvalue weighted by Crippen LogP contribution is 2.01. The number of hydrogen-bond acceptors (Lipinski definition) is 2. The van der Waals surface area contributed by atoms with E-state index in [1.165, 1.54) is 13.8 Å². The molecule has 1 unspecified atom stereocenters. The predicted molar refractivity (Wildman–Crippen MR) is 47.5 cm³/mol. The molecule has 0 aliphatic heterocycles. The smallest absolute Gasteiger partial charge is 0.126 e. The second-order valence-corrected chi connectivity index (χ2v) is 3.39. The number of carbonyl (C=O) groups excluding carboxylic acids is 1. The summed E-state index contributed by atoms with van der Waals surface area (Å²) in [6.07, 6.45) is 0.792. The van der Waals surface area contributed by atoms with E-state index >= 15 is 0 Å². The second kappa shape index (κ2) is 7.73. The van der Waals surface area contributed by atoms with Gasteiger partial charge in [0.05, 0.1) is 6.10 Å². The zero-order valence-electron chi connectivity index (χ0n) is 8.22. The number of aliphatic hydroxyl groups is 1. The Morgan fingerprint density at radius 3 is 1.55 bits per heavy atom. The topological polar surface area (TPSA) is 37.3 Å². The number of Topliss-reactive ketones (excluding diaryl/α,β-unsaturated/α-hetero) is 1. The Labute approximate surface area is 69.6 Å². The summed E-state index contributed by atoms with van der Waals surface area (Å²) >= 11 is 0. The van der Waals surface area contributed by atoms with E-state index in [-0.39, 0.29) is 11.9 Å². The lowest BCUT2D eigenvalue weighted by molar-refractivity contribution is -0.114. The standard InChI is InChI=1S/C6H14O.C3H6O/c1-5(2)4-6(3)7;1-3(2)4/h5-7H,4H2,1-3H3;1-2H3. The summed E-state index contributed by atoms with van der Waals surface area (Å²) in [6.45, 7) is 9.08. The van der Waals surface area contributed by atoms with Gasteiger partial charge in [0.25, 0.3) is 0 Å². The lowest BCUT2D eigenvalue weighted by atomic mass is 10.1. The zero-order chi connectivity index (χ0) is 9.44. The maximum absolute atomic E-state index is 9.44. The summed E-state index contributed by atoms with van der Waals surface area (Å²) in [5, 5.41) is 8.72. The Hall–Kier alpha value is -0.370. The van der Waals surface area contributed by atoms with Crippen molar-refractivity contribution in [1.82, 2.24) is 0 Å². The molecule has 0 fully saturated rings. The van der Waals surface area contributed by atoms with Crippen LogP contribution in [0.1, 0.15) is 41.0 Å². The van der Waals surface area contributed by atoms with Gasteiger partial charge in [-0.05, 0) is 33.1 Å². The summed E-state index contributed by atoms with van der Waals surface area (Å²) < 4.78 is 0. The van der Waals surface area contributed by atoms with Gasteiger partial charge in [0, 0.05) is 0 Å². The van der Waals surface area contributed by atoms with Crippen LogP contribution in [0, 0.1) is 5.92 Å². The van der Waals surface area contributed by atoms with Gasteiger partial charge >= 0.3 is 0 Å². The van der Waals surface area contributed by atoms with Crippen LogP contribution in [0.3, 0.4) is 0 Å². The van der Waals surface area contributed by atoms with E-state index in [1.807, 2.05) is 6.92 Å². The number of ketones is 1. The number of aliphatic hydroxyl groups excluding tert-OH is 1. The molecule has 1 N–H and O–H groups in total. The molecule has 0 bridgehead atoms. The lowest BCUT2D eigenvalue weighted by Gasteiger charge is -2.04. The minimum Gasteiger partial charge on any atom is -0.393 e. The summed E-state index contributed by atoms with van der Waals surface area (Å²) in [7, 11) is 0. The van der Waals surface area contributed by atoms with Gasteiger partial charge in [-0.15, -0.1) is 0 Å². The van der Waals surface area contributed by atoms with Crippen molar-refractivity contribution < 1.29 is 9.90 Å². The molecule has 0 saturated heterocycles. The van der Waals surface area contributed by atoms with Gasteiger partial charge < -0.3 is 9.90 Å². The van der Waals surface area contributed by atoms with Crippen molar-refractivity contribution in [3.8, 4) is 0 Å². The minimum atomic E-state index is -0.125. The Bertz CT molecular complexity index is 85.7. The molecule has 11 heavy (non-hydrogen) atoms. The molecule has 68 valence electrons. The SMILES string of the molecule is CC(C)=O.CC(C)CC(C)O. The molecule has 0 saturated carbocycles. The first kappa shape index (κ1) is 13.2. The van der Waals surface area contributed by atoms with Crippen molar-refractivity contribution >= 4 is 5.78 Å². The minimum absolute atomic E-state index is 0.125. The van der Waals surface area contributed by atoms with Crippen LogP contribution < -0.4 is 0 Å². The highest BCUT2D eigenvalue weighted by Gasteiger charge is 1.97. The van der Waals surface area contributed by atoms with Crippen molar-refractivity contribution in [3.63, 3.8) is 0 Å². The third-order valence-electron chi connectivity index (χ3n) is 0.813. The molecule has 0 aromatic rings. The number of carbonyl (C=O) groups is 1. The Morgan fingerprint density at radius 2 is 1.55 bits per heavy atom. The van der Waals surface area contributed by atoms with Crippen LogP contribution in [0.25, 0.3) is 0 Å². The van der Waals surface area contributed by atoms with Crippen molar-refractivity contribution in [3.05, 3.63) is 0 Å². The molecule has 1 atom stereocenters. The molecule has 0 spiro atoms. The van der Waals surface area contributed by atoms with Crippen LogP contribution in [0.2, 0.25) is 0 Å². The maximum Gasteiger partial charge on any atom is 0.126 e. The highest BCUT2D eigenvalue weighted by atomic mass is 16.3. The third kappa shape index (κ3) is 42.5. The summed E-state index contributed by atoms with van der Waals surface area (Å²) in [6, 6.07) is 0. The highest BCUT2D eigenvalue weighted by molar-refractivity contribution is 5.72. The molecule has 0 radical (unpaired) electrons. The van der Waals surface area contributed by atoms with Crippen LogP contribution >= 0.6 is 0 Å². The van der Waals surface area contributed by atoms with Gasteiger partial charge in [-0.25, -0.2) is 0 Å². The normalized spacial score (nSPS) is 11.9. The first-order chi connectivity index (χ1) is 4.86. The van der Waals surface area contributed by atoms with Crippen molar-refractivity contribution in [2.75, 3.05) is 0 Å². The van der Waals surface area contributed by atoms with E-state index < -0.39 is 0 Å². The molecule has 0 aromatic heterocycles. The van der Waals surface area contributed by atoms with Crippen LogP contribution in [0.4, 0.5) is 0 Å². The molecule has 0 aromatic carbocycles. The van der Waals surface area contributed by atoms with E-state index in [4.69, 9.17) is 5.11 Å². The first-order valence-corrected chi connectivity index (χ1v) is 4.01. The quantitative estimate of drug-likeness (QED) is 0.671. The van der Waals surface area contributed by atoms with E-state index in [0.29, 0.717) is 5.92 Å². The molecular weight excluding hydrogens is 140 g/mol. The van der Waals surface area contributed by atoms with Crippen molar-refractivity contribution in [2.45, 2.75) is 47.1 Å². The average Bonchev–Trinajstić information content (AvgIpc) is 1.56. The van der Waals surface area contributed by atoms with Crippen LogP contribution in [-0.4, -0.2) is 17.0 Å². The fourth-order valence-electron chi connectivity index (χ4n) is 0.682. The largest absolute Gasteiger partial charge is 0.393 e. The Morgan fingerprint density at radius 1 is 1.27 bits per heavy atom. The molecule has 0 aliphatic carbocycles. The first-order valence-electron chi connectivity index (χ1n) is 4.01. The summed E-state index contributed by atoms with van der Waals surface area (Å²) in [4.78, 5) is 9.44. The zero-order valence-corrected chi connectivity index (χ0v) is 8.22. The lowest BCUT2D eigenvalue weighted by Crippen LogP contribution is -2.03. The molecular formula is C9H20O2. The van der Waals surface area contributed by atoms with Gasteiger partial charge in [0.1, 0.15) is 5.78 Å². The number of rotatable bonds is 2. The third-order valence-corrected chi connectivity index (χ3v) is 0.813. The molecule has 0 amide bonds. The Balaban J connectivity index is 0. The summed E-state index contributed by atoms with van der Waals surface area (Å²) in [5.74, 6) is 0.792. The monoisotopic (exact) mass is 160 g/mol. The average molecular weight is 160 g/mol. The van der Waals surface area contributed by atoms with Crippen LogP contribution in [0.15, 0.2) is 0 Å². The van der Waals surface area contributed by atoms with Crippen LogP contribution in [-0.2, 0) is 4.79 Å². The molecule has 2 nitrogen and oxygen atoms in total. The Kier molecular flexibility index (Phi) is 9.31. The van der Waals surface area contributed by atoms with Gasteiger partial charge in [-0.2, -0.15) is 0 Å². The molecule has 2 heteroatoms. The number of hydrogen-bond donors (Lipinski definition) is 1. The summed E-state index contributed by atoms with van der Waals surface area (Å²) in [5.41, 5.74) is 0. The molecule has 0 aliphatic rings. The van der Waals surface area contributed by atoms with Gasteiger partial charge in [0.2, 0.25) is 0 Å². The van der Waals surface area contributed by atoms with Gasteiger partial charge in [-0.3, -0.25) is 0 Å². The second-order valence-electron chi connectivity index (χ2n) is 3.39. The maximum atomic E-state index is 9.44. The van der Waals surface area contributed by atoms with Crippen molar-refractivity contribution in [2.24, 2.45) is 5.92 Å². The predicted octanol–water partition coefficient (Wildman–Crippen LogP) is 2.01. The fraction of sp³-hybridized carbons (Fsp3) is 0.889. The van der Waals surface area contributed by atoms with Crippen molar-refractivity contribution in [1.29, 1.82) is 0 Å². The molecule has 0 heterocycles. The van der Waals surface area contributed by atoms with Gasteiger partial charge in [-0.1, -0.05) is 13.8 Å². The van der Waals surface area contributed by atoms with Crippen LogP contribution in [0.5, 0.6) is 0 Å². The van der Waals surface area contributed by atoms with E-state index in [1.54, 1.807) is 0 Å². The van der Waals surface area contributed by atoms with E-state index in [2.05, 4.69) is 13.8 Å². The fourth-order valence-corrected chi connectivity index (χ4v) is 0.682. The van der Waals surface area contributed by atoms with Gasteiger partial charge in [0.15, 0.2) is 0 Å².